The second kappa shape index (κ2) is 4.80. The lowest BCUT2D eigenvalue weighted by Gasteiger charge is -2.08. The zero-order valence-electron chi connectivity index (χ0n) is 10.3. The number of nitrogens with two attached hydrogens (primary N) is 1. The first-order valence-corrected chi connectivity index (χ1v) is 6.35. The Labute approximate surface area is 106 Å². The average molecular weight is 244 g/mol. The summed E-state index contributed by atoms with van der Waals surface area (Å²) in [6.45, 7) is 6.19. The standard InChI is InChI=1S/C14H16N2S/c1-9-4-5-11(3)13(7-9)17-14-12(15)6-10(2)8-16-14/h4-8H,15H2,1-3H3. The number of benzene rings is 1. The molecule has 0 saturated heterocycles. The minimum atomic E-state index is 0.746. The van der Waals surface area contributed by atoms with Crippen LogP contribution in [0.25, 0.3) is 0 Å². The van der Waals surface area contributed by atoms with Gasteiger partial charge in [0.1, 0.15) is 5.03 Å². The van der Waals surface area contributed by atoms with E-state index in [0.717, 1.165) is 16.3 Å². The Kier molecular flexibility index (Phi) is 3.38. The van der Waals surface area contributed by atoms with Gasteiger partial charge in [-0.05, 0) is 49.6 Å². The monoisotopic (exact) mass is 244 g/mol. The Balaban J connectivity index is 2.34. The molecule has 0 saturated carbocycles. The van der Waals surface area contributed by atoms with Crippen LogP contribution in [0.1, 0.15) is 16.7 Å². The van der Waals surface area contributed by atoms with Gasteiger partial charge in [0, 0.05) is 11.1 Å². The van der Waals surface area contributed by atoms with Crippen molar-refractivity contribution in [1.82, 2.24) is 4.98 Å². The van der Waals surface area contributed by atoms with Crippen molar-refractivity contribution in [1.29, 1.82) is 0 Å². The molecule has 0 aliphatic heterocycles. The fraction of sp³-hybridized carbons (Fsp3) is 0.214. The summed E-state index contributed by atoms with van der Waals surface area (Å²) in [6, 6.07) is 8.37. The second-order valence-electron chi connectivity index (χ2n) is 4.28. The van der Waals surface area contributed by atoms with Crippen LogP contribution in [0.3, 0.4) is 0 Å². The van der Waals surface area contributed by atoms with Crippen LogP contribution < -0.4 is 5.73 Å². The highest BCUT2D eigenvalue weighted by molar-refractivity contribution is 7.99. The van der Waals surface area contributed by atoms with Gasteiger partial charge in [0.25, 0.3) is 0 Å². The number of nitrogen functional groups attached to an aromatic ring is 1. The lowest BCUT2D eigenvalue weighted by molar-refractivity contribution is 1.11. The second-order valence-corrected chi connectivity index (χ2v) is 5.31. The highest BCUT2D eigenvalue weighted by Crippen LogP contribution is 2.33. The van der Waals surface area contributed by atoms with E-state index in [2.05, 4.69) is 37.0 Å². The van der Waals surface area contributed by atoms with Crippen molar-refractivity contribution >= 4 is 17.4 Å². The van der Waals surface area contributed by atoms with E-state index in [0.29, 0.717) is 0 Å². The lowest BCUT2D eigenvalue weighted by Crippen LogP contribution is -1.93. The number of hydrogen-bond acceptors (Lipinski definition) is 3. The molecule has 0 radical (unpaired) electrons. The van der Waals surface area contributed by atoms with Crippen molar-refractivity contribution in [2.24, 2.45) is 0 Å². The minimum Gasteiger partial charge on any atom is -0.397 e. The molecule has 1 aromatic heterocycles. The molecule has 1 aromatic carbocycles. The summed E-state index contributed by atoms with van der Waals surface area (Å²) in [4.78, 5) is 5.60. The van der Waals surface area contributed by atoms with Crippen LogP contribution in [0.4, 0.5) is 5.69 Å². The zero-order valence-corrected chi connectivity index (χ0v) is 11.1. The number of anilines is 1. The first-order chi connectivity index (χ1) is 8.06. The Morgan fingerprint density at radius 3 is 2.53 bits per heavy atom. The molecule has 0 fully saturated rings. The molecule has 0 amide bonds. The molecule has 1 heterocycles. The van der Waals surface area contributed by atoms with Crippen molar-refractivity contribution in [2.45, 2.75) is 30.7 Å². The molecule has 0 spiro atoms. The molecule has 17 heavy (non-hydrogen) atoms. The Morgan fingerprint density at radius 1 is 1.06 bits per heavy atom. The molecule has 0 atom stereocenters. The minimum absolute atomic E-state index is 0.746. The summed E-state index contributed by atoms with van der Waals surface area (Å²) in [5.41, 5.74) is 10.3. The van der Waals surface area contributed by atoms with Gasteiger partial charge in [-0.25, -0.2) is 4.98 Å². The van der Waals surface area contributed by atoms with Gasteiger partial charge in [-0.3, -0.25) is 0 Å². The molecule has 2 rings (SSSR count). The third-order valence-electron chi connectivity index (χ3n) is 2.57. The number of pyridine rings is 1. The molecule has 0 unspecified atom stereocenters. The topological polar surface area (TPSA) is 38.9 Å². The van der Waals surface area contributed by atoms with Gasteiger partial charge in [-0.2, -0.15) is 0 Å². The highest BCUT2D eigenvalue weighted by Gasteiger charge is 2.06. The van der Waals surface area contributed by atoms with Crippen molar-refractivity contribution in [3.63, 3.8) is 0 Å². The third kappa shape index (κ3) is 2.80. The van der Waals surface area contributed by atoms with Crippen LogP contribution >= 0.6 is 11.8 Å². The van der Waals surface area contributed by atoms with Gasteiger partial charge < -0.3 is 5.73 Å². The van der Waals surface area contributed by atoms with Gasteiger partial charge in [0.15, 0.2) is 0 Å². The van der Waals surface area contributed by atoms with E-state index >= 15 is 0 Å². The Morgan fingerprint density at radius 2 is 1.82 bits per heavy atom. The van der Waals surface area contributed by atoms with Gasteiger partial charge in [0.05, 0.1) is 5.69 Å². The van der Waals surface area contributed by atoms with Crippen LogP contribution in [0.2, 0.25) is 0 Å². The first kappa shape index (κ1) is 12.0. The van der Waals surface area contributed by atoms with Crippen LogP contribution in [0, 0.1) is 20.8 Å². The third-order valence-corrected chi connectivity index (χ3v) is 3.76. The molecule has 0 aliphatic rings. The Hall–Kier alpha value is -1.48. The van der Waals surface area contributed by atoms with E-state index in [1.54, 1.807) is 11.8 Å². The molecule has 0 aliphatic carbocycles. The number of hydrogen-bond donors (Lipinski definition) is 1. The lowest BCUT2D eigenvalue weighted by atomic mass is 10.2. The van der Waals surface area contributed by atoms with E-state index in [1.807, 2.05) is 19.2 Å². The summed E-state index contributed by atoms with van der Waals surface area (Å²) < 4.78 is 0. The molecule has 2 nitrogen and oxygen atoms in total. The number of rotatable bonds is 2. The molecule has 0 bridgehead atoms. The van der Waals surface area contributed by atoms with E-state index in [1.165, 1.54) is 16.0 Å². The molecule has 2 aromatic rings. The maximum Gasteiger partial charge on any atom is 0.124 e. The molecular formula is C14H16N2S. The number of aromatic nitrogens is 1. The van der Waals surface area contributed by atoms with Crippen molar-refractivity contribution in [2.75, 3.05) is 5.73 Å². The SMILES string of the molecule is Cc1cnc(Sc2cc(C)ccc2C)c(N)c1. The zero-order chi connectivity index (χ0) is 12.4. The fourth-order valence-corrected chi connectivity index (χ4v) is 2.55. The maximum atomic E-state index is 5.97. The average Bonchev–Trinajstić information content (AvgIpc) is 2.27. The van der Waals surface area contributed by atoms with Crippen LogP contribution in [-0.2, 0) is 0 Å². The van der Waals surface area contributed by atoms with Crippen LogP contribution in [0.5, 0.6) is 0 Å². The highest BCUT2D eigenvalue weighted by atomic mass is 32.2. The van der Waals surface area contributed by atoms with E-state index < -0.39 is 0 Å². The summed E-state index contributed by atoms with van der Waals surface area (Å²) in [5, 5.41) is 0.879. The van der Waals surface area contributed by atoms with Crippen molar-refractivity contribution in [3.8, 4) is 0 Å². The van der Waals surface area contributed by atoms with E-state index in [4.69, 9.17) is 5.73 Å². The summed E-state index contributed by atoms with van der Waals surface area (Å²) in [6.07, 6.45) is 1.85. The Bertz CT molecular complexity index is 550. The largest absolute Gasteiger partial charge is 0.397 e. The van der Waals surface area contributed by atoms with Crippen molar-refractivity contribution < 1.29 is 0 Å². The predicted octanol–water partition coefficient (Wildman–Crippen LogP) is 3.74. The van der Waals surface area contributed by atoms with Crippen LogP contribution in [-0.4, -0.2) is 4.98 Å². The molecule has 88 valence electrons. The van der Waals surface area contributed by atoms with E-state index in [9.17, 15) is 0 Å². The van der Waals surface area contributed by atoms with Gasteiger partial charge >= 0.3 is 0 Å². The quantitative estimate of drug-likeness (QED) is 0.874. The molecule has 3 heteroatoms. The van der Waals surface area contributed by atoms with Gasteiger partial charge in [-0.15, -0.1) is 0 Å². The number of nitrogens with zero attached hydrogens (tertiary/aromatic N) is 1. The van der Waals surface area contributed by atoms with E-state index in [-0.39, 0.29) is 0 Å². The van der Waals surface area contributed by atoms with Crippen molar-refractivity contribution in [3.05, 3.63) is 47.2 Å². The van der Waals surface area contributed by atoms with Gasteiger partial charge in [0.2, 0.25) is 0 Å². The van der Waals surface area contributed by atoms with Crippen LogP contribution in [0.15, 0.2) is 40.4 Å². The molecule has 2 N–H and O–H groups in total. The normalized spacial score (nSPS) is 10.5. The summed E-state index contributed by atoms with van der Waals surface area (Å²) in [5.74, 6) is 0. The van der Waals surface area contributed by atoms with Gasteiger partial charge in [-0.1, -0.05) is 23.9 Å². The summed E-state index contributed by atoms with van der Waals surface area (Å²) >= 11 is 1.63. The molecular weight excluding hydrogens is 228 g/mol. The first-order valence-electron chi connectivity index (χ1n) is 5.53. The smallest absolute Gasteiger partial charge is 0.124 e. The number of aryl methyl sites for hydroxylation is 3. The summed E-state index contributed by atoms with van der Waals surface area (Å²) in [7, 11) is 0. The predicted molar refractivity (Wildman–Crippen MR) is 73.4 cm³/mol. The fourth-order valence-electron chi connectivity index (χ4n) is 1.59. The maximum absolute atomic E-state index is 5.97.